The monoisotopic (exact) mass is 394 g/mol. The molecule has 28 heavy (non-hydrogen) atoms. The van der Waals surface area contributed by atoms with Crippen LogP contribution in [0.2, 0.25) is 0 Å². The molecule has 0 fully saturated rings. The molecule has 6 nitrogen and oxygen atoms in total. The van der Waals surface area contributed by atoms with Crippen LogP contribution >= 0.6 is 0 Å². The van der Waals surface area contributed by atoms with E-state index in [0.717, 1.165) is 29.1 Å². The lowest BCUT2D eigenvalue weighted by molar-refractivity contribution is 0.281. The van der Waals surface area contributed by atoms with E-state index in [0.29, 0.717) is 0 Å². The van der Waals surface area contributed by atoms with Crippen LogP contribution in [0.3, 0.4) is 0 Å². The maximum Gasteiger partial charge on any atom is 0.293 e. The molecular weight excluding hydrogens is 380 g/mol. The van der Waals surface area contributed by atoms with Gasteiger partial charge in [0.05, 0.1) is 13.2 Å². The fourth-order valence-corrected chi connectivity index (χ4v) is 2.52. The van der Waals surface area contributed by atoms with Gasteiger partial charge in [-0.05, 0) is 42.3 Å². The number of nitrogens with zero attached hydrogens (tertiary/aromatic N) is 3. The van der Waals surface area contributed by atoms with Gasteiger partial charge in [-0.3, -0.25) is 4.79 Å². The van der Waals surface area contributed by atoms with Crippen molar-refractivity contribution in [3.63, 3.8) is 0 Å². The van der Waals surface area contributed by atoms with Gasteiger partial charge < -0.3 is 10.4 Å². The number of nitrogens with one attached hydrogen (secondary N) is 1. The van der Waals surface area contributed by atoms with Crippen molar-refractivity contribution in [1.29, 1.82) is 0 Å². The van der Waals surface area contributed by atoms with Crippen molar-refractivity contribution in [1.82, 2.24) is 14.8 Å². The zero-order valence-electron chi connectivity index (χ0n) is 14.5. The number of hydrogen-bond donors (Lipinski definition) is 2. The molecule has 3 rings (SSSR count). The standard InChI is InChI=1S/C18H14F4N4O2/c1-9-12(19)4-11(8-27)5-15(9)24-18-25-16(28)6-23-26(18)7-10-2-13(20)17(22)14(21)3-10/h2-6,27H,7-8H2,1H3,(H,24,25,28). The van der Waals surface area contributed by atoms with E-state index in [4.69, 9.17) is 0 Å². The van der Waals surface area contributed by atoms with Crippen LogP contribution in [0, 0.1) is 30.2 Å². The first-order chi connectivity index (χ1) is 13.3. The van der Waals surface area contributed by atoms with Crippen LogP contribution in [0.4, 0.5) is 29.2 Å². The molecule has 0 saturated carbocycles. The molecule has 0 bridgehead atoms. The summed E-state index contributed by atoms with van der Waals surface area (Å²) in [5.41, 5.74) is 0.0250. The molecule has 146 valence electrons. The molecule has 0 spiro atoms. The highest BCUT2D eigenvalue weighted by Gasteiger charge is 2.14. The third-order valence-corrected chi connectivity index (χ3v) is 3.98. The Labute approximate surface area is 156 Å². The van der Waals surface area contributed by atoms with Crippen molar-refractivity contribution in [2.75, 3.05) is 5.32 Å². The van der Waals surface area contributed by atoms with E-state index >= 15 is 0 Å². The second-order valence-electron chi connectivity index (χ2n) is 5.98. The lowest BCUT2D eigenvalue weighted by atomic mass is 10.1. The third kappa shape index (κ3) is 4.01. The van der Waals surface area contributed by atoms with Crippen LogP contribution in [-0.2, 0) is 13.2 Å². The first-order valence-corrected chi connectivity index (χ1v) is 8.03. The van der Waals surface area contributed by atoms with Gasteiger partial charge in [0.1, 0.15) is 12.0 Å². The minimum absolute atomic E-state index is 0.0319. The smallest absolute Gasteiger partial charge is 0.293 e. The number of anilines is 2. The highest BCUT2D eigenvalue weighted by Crippen LogP contribution is 2.24. The van der Waals surface area contributed by atoms with E-state index in [1.807, 2.05) is 0 Å². The quantitative estimate of drug-likeness (QED) is 0.514. The SMILES string of the molecule is Cc1c(F)cc(CO)cc1Nc1nc(=O)cnn1Cc1cc(F)c(F)c(F)c1. The van der Waals surface area contributed by atoms with E-state index in [9.17, 15) is 27.5 Å². The van der Waals surface area contributed by atoms with Crippen LogP contribution in [0.15, 0.2) is 35.3 Å². The van der Waals surface area contributed by atoms with E-state index in [1.165, 1.54) is 13.0 Å². The summed E-state index contributed by atoms with van der Waals surface area (Å²) in [7, 11) is 0. The summed E-state index contributed by atoms with van der Waals surface area (Å²) in [6.07, 6.45) is 0.888. The van der Waals surface area contributed by atoms with Crippen LogP contribution in [-0.4, -0.2) is 19.9 Å². The van der Waals surface area contributed by atoms with Crippen LogP contribution in [0.1, 0.15) is 16.7 Å². The number of aliphatic hydroxyl groups excluding tert-OH is 1. The largest absolute Gasteiger partial charge is 0.392 e. The van der Waals surface area contributed by atoms with Gasteiger partial charge in [0.2, 0.25) is 5.95 Å². The van der Waals surface area contributed by atoms with Gasteiger partial charge in [-0.25, -0.2) is 22.2 Å². The predicted octanol–water partition coefficient (Wildman–Crippen LogP) is 2.79. The topological polar surface area (TPSA) is 80.0 Å². The molecule has 0 unspecified atom stereocenters. The normalized spacial score (nSPS) is 10.9. The third-order valence-electron chi connectivity index (χ3n) is 3.98. The number of aliphatic hydroxyl groups is 1. The van der Waals surface area contributed by atoms with Crippen molar-refractivity contribution >= 4 is 11.6 Å². The van der Waals surface area contributed by atoms with Gasteiger partial charge in [-0.1, -0.05) is 0 Å². The van der Waals surface area contributed by atoms with E-state index < -0.39 is 35.4 Å². The summed E-state index contributed by atoms with van der Waals surface area (Å²) in [5.74, 6) is -5.05. The second kappa shape index (κ2) is 7.77. The molecule has 0 aliphatic heterocycles. The fraction of sp³-hybridized carbons (Fsp3) is 0.167. The summed E-state index contributed by atoms with van der Waals surface area (Å²) < 4.78 is 55.1. The minimum Gasteiger partial charge on any atom is -0.392 e. The summed E-state index contributed by atoms with van der Waals surface area (Å²) in [5, 5.41) is 15.8. The summed E-state index contributed by atoms with van der Waals surface area (Å²) in [4.78, 5) is 15.3. The zero-order chi connectivity index (χ0) is 20.4. The van der Waals surface area contributed by atoms with E-state index in [1.54, 1.807) is 0 Å². The van der Waals surface area contributed by atoms with Crippen molar-refractivity contribution in [2.24, 2.45) is 0 Å². The number of halogens is 4. The average Bonchev–Trinajstić information content (AvgIpc) is 2.65. The van der Waals surface area contributed by atoms with Crippen molar-refractivity contribution in [3.05, 3.63) is 80.8 Å². The molecule has 2 N–H and O–H groups in total. The van der Waals surface area contributed by atoms with E-state index in [2.05, 4.69) is 15.4 Å². The first-order valence-electron chi connectivity index (χ1n) is 8.03. The lowest BCUT2D eigenvalue weighted by Crippen LogP contribution is -2.20. The van der Waals surface area contributed by atoms with Gasteiger partial charge in [0.25, 0.3) is 5.56 Å². The number of rotatable bonds is 5. The fourth-order valence-electron chi connectivity index (χ4n) is 2.52. The molecular formula is C18H14F4N4O2. The van der Waals surface area contributed by atoms with Gasteiger partial charge in [-0.15, -0.1) is 0 Å². The Balaban J connectivity index is 2.01. The number of hydrogen-bond acceptors (Lipinski definition) is 5. The molecule has 0 aliphatic carbocycles. The highest BCUT2D eigenvalue weighted by molar-refractivity contribution is 5.60. The molecule has 0 radical (unpaired) electrons. The van der Waals surface area contributed by atoms with Crippen LogP contribution in [0.25, 0.3) is 0 Å². The summed E-state index contributed by atoms with van der Waals surface area (Å²) >= 11 is 0. The molecule has 0 saturated heterocycles. The molecule has 3 aromatic rings. The molecule has 2 aromatic carbocycles. The maximum atomic E-state index is 14.0. The molecule has 0 atom stereocenters. The van der Waals surface area contributed by atoms with Gasteiger partial charge in [0, 0.05) is 11.3 Å². The van der Waals surface area contributed by atoms with Gasteiger partial charge in [0.15, 0.2) is 17.5 Å². The van der Waals surface area contributed by atoms with Crippen molar-refractivity contribution in [2.45, 2.75) is 20.1 Å². The number of aromatic nitrogens is 3. The van der Waals surface area contributed by atoms with E-state index in [-0.39, 0.29) is 34.9 Å². The molecule has 1 heterocycles. The Bertz CT molecular complexity index is 1080. The summed E-state index contributed by atoms with van der Waals surface area (Å²) in [6, 6.07) is 4.20. The molecule has 10 heteroatoms. The highest BCUT2D eigenvalue weighted by atomic mass is 19.2. The Kier molecular flexibility index (Phi) is 5.41. The van der Waals surface area contributed by atoms with Gasteiger partial charge >= 0.3 is 0 Å². The van der Waals surface area contributed by atoms with Crippen molar-refractivity contribution < 1.29 is 22.7 Å². The van der Waals surface area contributed by atoms with Crippen LogP contribution in [0.5, 0.6) is 0 Å². The first kappa shape index (κ1) is 19.5. The average molecular weight is 394 g/mol. The molecule has 0 aliphatic rings. The lowest BCUT2D eigenvalue weighted by Gasteiger charge is -2.15. The Morgan fingerprint density at radius 1 is 1.04 bits per heavy atom. The summed E-state index contributed by atoms with van der Waals surface area (Å²) in [6.45, 7) is 0.820. The zero-order valence-corrected chi connectivity index (χ0v) is 14.5. The van der Waals surface area contributed by atoms with Crippen molar-refractivity contribution in [3.8, 4) is 0 Å². The predicted molar refractivity (Wildman–Crippen MR) is 92.1 cm³/mol. The minimum atomic E-state index is -1.60. The Morgan fingerprint density at radius 2 is 1.68 bits per heavy atom. The Morgan fingerprint density at radius 3 is 2.32 bits per heavy atom. The number of benzene rings is 2. The molecule has 1 aromatic heterocycles. The van der Waals surface area contributed by atoms with Crippen LogP contribution < -0.4 is 10.9 Å². The van der Waals surface area contributed by atoms with Gasteiger partial charge in [-0.2, -0.15) is 10.1 Å². The molecule has 0 amide bonds. The maximum absolute atomic E-state index is 14.0. The Hall–Kier alpha value is -3.27. The second-order valence-corrected chi connectivity index (χ2v) is 5.98.